The molecule has 0 bridgehead atoms. The van der Waals surface area contributed by atoms with E-state index in [9.17, 15) is 13.2 Å². The van der Waals surface area contributed by atoms with Gasteiger partial charge in [-0.2, -0.15) is 0 Å². The molecule has 0 radical (unpaired) electrons. The van der Waals surface area contributed by atoms with Crippen molar-refractivity contribution in [3.8, 4) is 0 Å². The highest BCUT2D eigenvalue weighted by molar-refractivity contribution is 7.93. The average molecular weight is 227 g/mol. The molecule has 0 aromatic carbocycles. The normalized spacial score (nSPS) is 28.0. The molecular formula is C9H9NO4S. The standard InChI is InChI=1S/C9H9NO4S/c11-9(12)7-5-15(13,14)8(7)6-2-1-3-10-4-6/h1-4,7-8H,5H2,(H,11,12). The molecule has 2 heterocycles. The highest BCUT2D eigenvalue weighted by Crippen LogP contribution is 2.41. The van der Waals surface area contributed by atoms with Gasteiger partial charge in [-0.1, -0.05) is 6.07 Å². The van der Waals surface area contributed by atoms with Gasteiger partial charge in [0.1, 0.15) is 5.25 Å². The number of aromatic nitrogens is 1. The van der Waals surface area contributed by atoms with E-state index in [1.54, 1.807) is 12.1 Å². The minimum Gasteiger partial charge on any atom is -0.481 e. The van der Waals surface area contributed by atoms with Gasteiger partial charge in [0.05, 0.1) is 11.7 Å². The number of sulfone groups is 1. The maximum atomic E-state index is 11.4. The Morgan fingerprint density at radius 1 is 1.53 bits per heavy atom. The average Bonchev–Trinajstić information content (AvgIpc) is 2.16. The van der Waals surface area contributed by atoms with Crippen LogP contribution in [0.15, 0.2) is 24.5 Å². The van der Waals surface area contributed by atoms with Gasteiger partial charge >= 0.3 is 5.97 Å². The monoisotopic (exact) mass is 227 g/mol. The van der Waals surface area contributed by atoms with Crippen LogP contribution in [0.25, 0.3) is 0 Å². The molecule has 15 heavy (non-hydrogen) atoms. The first-order valence-corrected chi connectivity index (χ1v) is 6.08. The number of aliphatic carboxylic acids is 1. The lowest BCUT2D eigenvalue weighted by atomic mass is 10.0. The molecule has 1 aromatic heterocycles. The lowest BCUT2D eigenvalue weighted by Crippen LogP contribution is -2.44. The summed E-state index contributed by atoms with van der Waals surface area (Å²) in [4.78, 5) is 14.6. The predicted molar refractivity (Wildman–Crippen MR) is 51.9 cm³/mol. The van der Waals surface area contributed by atoms with Crippen molar-refractivity contribution in [2.24, 2.45) is 5.92 Å². The summed E-state index contributed by atoms with van der Waals surface area (Å²) in [6, 6.07) is 3.19. The quantitative estimate of drug-likeness (QED) is 0.783. The first-order chi connectivity index (χ1) is 7.02. The van der Waals surface area contributed by atoms with Crippen molar-refractivity contribution in [2.45, 2.75) is 5.25 Å². The summed E-state index contributed by atoms with van der Waals surface area (Å²) in [7, 11) is -3.29. The van der Waals surface area contributed by atoms with Gasteiger partial charge in [0, 0.05) is 12.4 Å². The van der Waals surface area contributed by atoms with Gasteiger partial charge in [-0.15, -0.1) is 0 Å². The predicted octanol–water partition coefficient (Wildman–Crippen LogP) is 0.252. The van der Waals surface area contributed by atoms with Gasteiger partial charge in [-0.05, 0) is 11.6 Å². The molecule has 0 saturated carbocycles. The van der Waals surface area contributed by atoms with Crippen molar-refractivity contribution in [1.82, 2.24) is 4.98 Å². The maximum Gasteiger partial charge on any atom is 0.309 e. The molecule has 5 nitrogen and oxygen atoms in total. The maximum absolute atomic E-state index is 11.4. The highest BCUT2D eigenvalue weighted by atomic mass is 32.2. The van der Waals surface area contributed by atoms with Crippen LogP contribution in [0.5, 0.6) is 0 Å². The fourth-order valence-electron chi connectivity index (χ4n) is 1.75. The summed E-state index contributed by atoms with van der Waals surface area (Å²) in [5.74, 6) is -2.18. The molecule has 80 valence electrons. The molecule has 2 rings (SSSR count). The van der Waals surface area contributed by atoms with E-state index >= 15 is 0 Å². The van der Waals surface area contributed by atoms with Gasteiger partial charge in [-0.3, -0.25) is 9.78 Å². The van der Waals surface area contributed by atoms with E-state index in [0.717, 1.165) is 0 Å². The molecule has 0 amide bonds. The summed E-state index contributed by atoms with van der Waals surface area (Å²) < 4.78 is 22.9. The SMILES string of the molecule is O=C(O)C1CS(=O)(=O)C1c1cccnc1. The van der Waals surface area contributed by atoms with Crippen molar-refractivity contribution in [3.63, 3.8) is 0 Å². The number of nitrogens with zero attached hydrogens (tertiary/aromatic N) is 1. The van der Waals surface area contributed by atoms with E-state index in [-0.39, 0.29) is 5.75 Å². The lowest BCUT2D eigenvalue weighted by Gasteiger charge is -2.33. The van der Waals surface area contributed by atoms with E-state index in [2.05, 4.69) is 4.98 Å². The third kappa shape index (κ3) is 1.61. The Labute approximate surface area is 86.7 Å². The molecule has 1 aromatic rings. The number of pyridine rings is 1. The van der Waals surface area contributed by atoms with E-state index in [1.165, 1.54) is 12.4 Å². The fraction of sp³-hybridized carbons (Fsp3) is 0.333. The van der Waals surface area contributed by atoms with E-state index in [4.69, 9.17) is 5.11 Å². The Hall–Kier alpha value is -1.43. The molecule has 1 saturated heterocycles. The minimum absolute atomic E-state index is 0.276. The summed E-state index contributed by atoms with van der Waals surface area (Å²) in [6.45, 7) is 0. The van der Waals surface area contributed by atoms with Crippen molar-refractivity contribution in [2.75, 3.05) is 5.75 Å². The van der Waals surface area contributed by atoms with E-state index < -0.39 is 27.0 Å². The number of rotatable bonds is 2. The van der Waals surface area contributed by atoms with Gasteiger partial charge < -0.3 is 5.11 Å². The largest absolute Gasteiger partial charge is 0.481 e. The molecule has 2 atom stereocenters. The topological polar surface area (TPSA) is 84.3 Å². The third-order valence-corrected chi connectivity index (χ3v) is 4.69. The van der Waals surface area contributed by atoms with Crippen molar-refractivity contribution >= 4 is 15.8 Å². The van der Waals surface area contributed by atoms with E-state index in [0.29, 0.717) is 5.56 Å². The second-order valence-corrected chi connectivity index (χ2v) is 5.65. The minimum atomic E-state index is -3.29. The van der Waals surface area contributed by atoms with Crippen LogP contribution in [-0.4, -0.2) is 30.2 Å². The number of carboxylic acid groups (broad SMARTS) is 1. The lowest BCUT2D eigenvalue weighted by molar-refractivity contribution is -0.141. The van der Waals surface area contributed by atoms with Crippen LogP contribution in [0.4, 0.5) is 0 Å². The summed E-state index contributed by atoms with van der Waals surface area (Å²) >= 11 is 0. The van der Waals surface area contributed by atoms with Gasteiger partial charge in [-0.25, -0.2) is 8.42 Å². The van der Waals surface area contributed by atoms with E-state index in [1.807, 2.05) is 0 Å². The third-order valence-electron chi connectivity index (χ3n) is 2.49. The van der Waals surface area contributed by atoms with Crippen LogP contribution in [0.2, 0.25) is 0 Å². The zero-order chi connectivity index (χ0) is 11.1. The van der Waals surface area contributed by atoms with Crippen LogP contribution < -0.4 is 0 Å². The van der Waals surface area contributed by atoms with Crippen LogP contribution in [0.1, 0.15) is 10.8 Å². The second kappa shape index (κ2) is 3.30. The second-order valence-electron chi connectivity index (χ2n) is 3.48. The number of carbonyl (C=O) groups is 1. The van der Waals surface area contributed by atoms with Crippen molar-refractivity contribution in [3.05, 3.63) is 30.1 Å². The first kappa shape index (κ1) is 10.1. The number of hydrogen-bond acceptors (Lipinski definition) is 4. The zero-order valence-electron chi connectivity index (χ0n) is 7.70. The van der Waals surface area contributed by atoms with Gasteiger partial charge in [0.2, 0.25) is 0 Å². The molecule has 1 fully saturated rings. The first-order valence-electron chi connectivity index (χ1n) is 4.36. The van der Waals surface area contributed by atoms with Gasteiger partial charge in [0.25, 0.3) is 0 Å². The molecule has 6 heteroatoms. The number of hydrogen-bond donors (Lipinski definition) is 1. The van der Waals surface area contributed by atoms with Crippen LogP contribution in [0, 0.1) is 5.92 Å². The Balaban J connectivity index is 2.38. The summed E-state index contributed by atoms with van der Waals surface area (Å²) in [5, 5.41) is 7.89. The summed E-state index contributed by atoms with van der Waals surface area (Å²) in [6.07, 6.45) is 2.92. The molecule has 1 aliphatic heterocycles. The fourth-order valence-corrected chi connectivity index (χ4v) is 3.71. The van der Waals surface area contributed by atoms with Gasteiger partial charge in [0.15, 0.2) is 9.84 Å². The summed E-state index contributed by atoms with van der Waals surface area (Å²) in [5.41, 5.74) is 0.455. The Morgan fingerprint density at radius 3 is 2.73 bits per heavy atom. The van der Waals surface area contributed by atoms with Crippen molar-refractivity contribution in [1.29, 1.82) is 0 Å². The smallest absolute Gasteiger partial charge is 0.309 e. The van der Waals surface area contributed by atoms with Crippen molar-refractivity contribution < 1.29 is 18.3 Å². The van der Waals surface area contributed by atoms with Crippen LogP contribution >= 0.6 is 0 Å². The molecule has 1 N–H and O–H groups in total. The molecular weight excluding hydrogens is 218 g/mol. The molecule has 0 spiro atoms. The Kier molecular flexibility index (Phi) is 2.22. The Bertz CT molecular complexity index is 482. The molecule has 2 unspecified atom stereocenters. The Morgan fingerprint density at radius 2 is 2.27 bits per heavy atom. The zero-order valence-corrected chi connectivity index (χ0v) is 8.52. The van der Waals surface area contributed by atoms with Crippen LogP contribution in [0.3, 0.4) is 0 Å². The number of carboxylic acids is 1. The van der Waals surface area contributed by atoms with Crippen LogP contribution in [-0.2, 0) is 14.6 Å². The highest BCUT2D eigenvalue weighted by Gasteiger charge is 2.51. The molecule has 0 aliphatic carbocycles. The molecule has 1 aliphatic rings.